The molecule has 1 aromatic carbocycles. The summed E-state index contributed by atoms with van der Waals surface area (Å²) in [6, 6.07) is 7.06. The van der Waals surface area contributed by atoms with Crippen molar-refractivity contribution in [3.63, 3.8) is 0 Å². The van der Waals surface area contributed by atoms with Gasteiger partial charge in [0.05, 0.1) is 31.1 Å². The lowest BCUT2D eigenvalue weighted by atomic mass is 10.2. The maximum atomic E-state index is 10.7. The maximum absolute atomic E-state index is 10.7. The Morgan fingerprint density at radius 3 is 2.43 bits per heavy atom. The van der Waals surface area contributed by atoms with Gasteiger partial charge < -0.3 is 9.47 Å². The zero-order chi connectivity index (χ0) is 15.7. The van der Waals surface area contributed by atoms with E-state index in [-0.39, 0.29) is 5.75 Å². The molecule has 0 aliphatic rings. The van der Waals surface area contributed by atoms with Crippen molar-refractivity contribution in [1.29, 1.82) is 5.26 Å². The summed E-state index contributed by atoms with van der Waals surface area (Å²) in [4.78, 5) is 0. The fourth-order valence-electron chi connectivity index (χ4n) is 1.76. The Kier molecular flexibility index (Phi) is 7.34. The van der Waals surface area contributed by atoms with Gasteiger partial charge in [-0.15, -0.1) is 0 Å². The van der Waals surface area contributed by atoms with Crippen molar-refractivity contribution in [2.24, 2.45) is 0 Å². The molecule has 0 unspecified atom stereocenters. The highest BCUT2D eigenvalue weighted by Crippen LogP contribution is 2.22. The molecule has 1 rings (SSSR count). The SMILES string of the molecule is COc1cc(C#N)cc(OCCCCCCS(=O)(=O)Cl)c1. The zero-order valence-electron chi connectivity index (χ0n) is 11.8. The molecule has 0 aromatic heterocycles. The number of benzene rings is 1. The van der Waals surface area contributed by atoms with Gasteiger partial charge in [-0.2, -0.15) is 5.26 Å². The monoisotopic (exact) mass is 331 g/mol. The van der Waals surface area contributed by atoms with E-state index < -0.39 is 9.05 Å². The molecule has 0 aliphatic carbocycles. The number of rotatable bonds is 9. The molecule has 1 aromatic rings. The van der Waals surface area contributed by atoms with E-state index in [1.54, 1.807) is 18.2 Å². The second kappa shape index (κ2) is 8.75. The molecule has 0 bridgehead atoms. The number of ether oxygens (including phenoxy) is 2. The minimum absolute atomic E-state index is 0.0107. The number of methoxy groups -OCH3 is 1. The Bertz CT molecular complexity index is 595. The summed E-state index contributed by atoms with van der Waals surface area (Å²) in [5, 5.41) is 8.90. The third-order valence-corrected chi connectivity index (χ3v) is 4.04. The lowest BCUT2D eigenvalue weighted by molar-refractivity contribution is 0.302. The molecule has 0 saturated carbocycles. The van der Waals surface area contributed by atoms with Crippen molar-refractivity contribution in [3.8, 4) is 17.6 Å². The Balaban J connectivity index is 2.28. The van der Waals surface area contributed by atoms with Gasteiger partial charge in [0, 0.05) is 16.7 Å². The quantitative estimate of drug-likeness (QED) is 0.513. The molecule has 21 heavy (non-hydrogen) atoms. The molecule has 0 spiro atoms. The van der Waals surface area contributed by atoms with E-state index in [9.17, 15) is 8.42 Å². The lowest BCUT2D eigenvalue weighted by Crippen LogP contribution is -2.00. The predicted octanol–water partition coefficient (Wildman–Crippen LogP) is 3.07. The highest BCUT2D eigenvalue weighted by atomic mass is 35.7. The van der Waals surface area contributed by atoms with Crippen LogP contribution in [0.25, 0.3) is 0 Å². The van der Waals surface area contributed by atoms with Gasteiger partial charge in [-0.05, 0) is 25.0 Å². The summed E-state index contributed by atoms with van der Waals surface area (Å²) in [5.41, 5.74) is 0.483. The number of nitriles is 1. The van der Waals surface area contributed by atoms with E-state index >= 15 is 0 Å². The number of unbranched alkanes of at least 4 members (excludes halogenated alkanes) is 3. The van der Waals surface area contributed by atoms with Gasteiger partial charge in [-0.3, -0.25) is 0 Å². The van der Waals surface area contributed by atoms with E-state index in [0.717, 1.165) is 19.3 Å². The second-order valence-electron chi connectivity index (χ2n) is 4.51. The molecule has 0 saturated heterocycles. The Morgan fingerprint density at radius 2 is 1.81 bits per heavy atom. The summed E-state index contributed by atoms with van der Waals surface area (Å²) < 4.78 is 32.1. The lowest BCUT2D eigenvalue weighted by Gasteiger charge is -2.08. The van der Waals surface area contributed by atoms with Crippen LogP contribution in [-0.2, 0) is 9.05 Å². The van der Waals surface area contributed by atoms with Gasteiger partial charge in [0.1, 0.15) is 11.5 Å². The Morgan fingerprint density at radius 1 is 1.14 bits per heavy atom. The molecule has 0 N–H and O–H groups in total. The van der Waals surface area contributed by atoms with Crippen molar-refractivity contribution < 1.29 is 17.9 Å². The number of hydrogen-bond acceptors (Lipinski definition) is 5. The average molecular weight is 332 g/mol. The first-order valence-corrected chi connectivity index (χ1v) is 9.07. The van der Waals surface area contributed by atoms with Gasteiger partial charge in [0.15, 0.2) is 0 Å². The van der Waals surface area contributed by atoms with Crippen LogP contribution in [0.3, 0.4) is 0 Å². The summed E-state index contributed by atoms with van der Waals surface area (Å²) in [6.07, 6.45) is 3.02. The number of hydrogen-bond donors (Lipinski definition) is 0. The normalized spacial score (nSPS) is 10.9. The van der Waals surface area contributed by atoms with Crippen LogP contribution in [0.4, 0.5) is 0 Å². The van der Waals surface area contributed by atoms with E-state index in [1.165, 1.54) is 7.11 Å². The van der Waals surface area contributed by atoms with Crippen molar-refractivity contribution in [1.82, 2.24) is 0 Å². The molecular formula is C14H18ClNO4S. The van der Waals surface area contributed by atoms with Crippen LogP contribution in [0.5, 0.6) is 11.5 Å². The fourth-order valence-corrected chi connectivity index (χ4v) is 2.63. The van der Waals surface area contributed by atoms with Gasteiger partial charge in [-0.25, -0.2) is 8.42 Å². The van der Waals surface area contributed by atoms with Crippen molar-refractivity contribution in [2.45, 2.75) is 25.7 Å². The van der Waals surface area contributed by atoms with Gasteiger partial charge in [0.25, 0.3) is 0 Å². The van der Waals surface area contributed by atoms with Crippen molar-refractivity contribution >= 4 is 19.7 Å². The largest absolute Gasteiger partial charge is 0.497 e. The third-order valence-electron chi connectivity index (χ3n) is 2.80. The fraction of sp³-hybridized carbons (Fsp3) is 0.500. The molecule has 0 fully saturated rings. The van der Waals surface area contributed by atoms with Crippen LogP contribution in [0.2, 0.25) is 0 Å². The minimum atomic E-state index is -3.38. The molecule has 0 aliphatic heterocycles. The van der Waals surface area contributed by atoms with Crippen LogP contribution in [-0.4, -0.2) is 27.9 Å². The standard InChI is InChI=1S/C14H18ClNO4S/c1-19-13-8-12(11-16)9-14(10-13)20-6-4-2-3-5-7-21(15,17)18/h8-10H,2-7H2,1H3. The molecule has 0 amide bonds. The summed E-state index contributed by atoms with van der Waals surface area (Å²) in [6.45, 7) is 0.506. The second-order valence-corrected chi connectivity index (χ2v) is 7.41. The van der Waals surface area contributed by atoms with Gasteiger partial charge in [0.2, 0.25) is 9.05 Å². The first-order valence-electron chi connectivity index (χ1n) is 6.59. The van der Waals surface area contributed by atoms with Crippen molar-refractivity contribution in [3.05, 3.63) is 23.8 Å². The zero-order valence-corrected chi connectivity index (χ0v) is 13.4. The highest BCUT2D eigenvalue weighted by Gasteiger charge is 2.04. The summed E-state index contributed by atoms with van der Waals surface area (Å²) >= 11 is 0. The van der Waals surface area contributed by atoms with Crippen LogP contribution in [0, 0.1) is 11.3 Å². The van der Waals surface area contributed by atoms with Gasteiger partial charge in [-0.1, -0.05) is 12.8 Å². The van der Waals surface area contributed by atoms with Crippen LogP contribution < -0.4 is 9.47 Å². The summed E-state index contributed by atoms with van der Waals surface area (Å²) in [5.74, 6) is 1.18. The molecular weight excluding hydrogens is 314 g/mol. The summed E-state index contributed by atoms with van der Waals surface area (Å²) in [7, 11) is 3.27. The minimum Gasteiger partial charge on any atom is -0.497 e. The van der Waals surface area contributed by atoms with E-state index in [4.69, 9.17) is 25.4 Å². The molecule has 7 heteroatoms. The molecule has 5 nitrogen and oxygen atoms in total. The Hall–Kier alpha value is -1.45. The van der Waals surface area contributed by atoms with Crippen molar-refractivity contribution in [2.75, 3.05) is 19.5 Å². The highest BCUT2D eigenvalue weighted by molar-refractivity contribution is 8.13. The number of nitrogens with zero attached hydrogens (tertiary/aromatic N) is 1. The molecule has 0 heterocycles. The van der Waals surface area contributed by atoms with E-state index in [2.05, 4.69) is 0 Å². The molecule has 0 atom stereocenters. The Labute approximate surface area is 129 Å². The van der Waals surface area contributed by atoms with E-state index in [0.29, 0.717) is 30.1 Å². The smallest absolute Gasteiger partial charge is 0.232 e. The van der Waals surface area contributed by atoms with Crippen LogP contribution in [0.1, 0.15) is 31.2 Å². The maximum Gasteiger partial charge on any atom is 0.232 e. The average Bonchev–Trinajstić information content (AvgIpc) is 2.44. The topological polar surface area (TPSA) is 76.4 Å². The van der Waals surface area contributed by atoms with Crippen LogP contribution in [0.15, 0.2) is 18.2 Å². The number of halogens is 1. The predicted molar refractivity (Wildman–Crippen MR) is 81.3 cm³/mol. The first kappa shape index (κ1) is 17.6. The third kappa shape index (κ3) is 7.78. The van der Waals surface area contributed by atoms with E-state index in [1.807, 2.05) is 6.07 Å². The van der Waals surface area contributed by atoms with Crippen LogP contribution >= 0.6 is 10.7 Å². The van der Waals surface area contributed by atoms with Gasteiger partial charge >= 0.3 is 0 Å². The first-order chi connectivity index (χ1) is 9.94. The molecule has 116 valence electrons. The molecule has 0 radical (unpaired) electrons.